The predicted molar refractivity (Wildman–Crippen MR) is 71.7 cm³/mol. The molecule has 1 aliphatic rings. The highest BCUT2D eigenvalue weighted by Gasteiger charge is 2.29. The number of anilines is 2. The van der Waals surface area contributed by atoms with E-state index in [9.17, 15) is 5.11 Å². The number of aliphatic hydroxyl groups is 1. The van der Waals surface area contributed by atoms with Crippen molar-refractivity contribution < 1.29 is 9.84 Å². The smallest absolute Gasteiger partial charge is 0.215 e. The molecule has 0 spiro atoms. The third kappa shape index (κ3) is 3.04. The van der Waals surface area contributed by atoms with Gasteiger partial charge in [0.05, 0.1) is 18.4 Å². The molecule has 0 aromatic carbocycles. The van der Waals surface area contributed by atoms with Gasteiger partial charge in [-0.15, -0.1) is 0 Å². The molecule has 1 aromatic rings. The van der Waals surface area contributed by atoms with E-state index in [1.807, 2.05) is 0 Å². The number of nitrogen functional groups attached to an aromatic ring is 1. The van der Waals surface area contributed by atoms with Crippen LogP contribution in [0.2, 0.25) is 0 Å². The van der Waals surface area contributed by atoms with E-state index in [0.29, 0.717) is 23.9 Å². The second kappa shape index (κ2) is 5.44. The molecule has 0 radical (unpaired) electrons. The average molecular weight is 251 g/mol. The summed E-state index contributed by atoms with van der Waals surface area (Å²) >= 11 is 0. The van der Waals surface area contributed by atoms with Crippen molar-refractivity contribution in [3.8, 4) is 5.88 Å². The Bertz CT molecular complexity index is 403. The highest BCUT2D eigenvalue weighted by molar-refractivity contribution is 5.62. The molecule has 2 rings (SSSR count). The fourth-order valence-electron chi connectivity index (χ4n) is 2.34. The van der Waals surface area contributed by atoms with Crippen molar-refractivity contribution in [3.05, 3.63) is 12.1 Å². The number of hydrogen-bond donors (Lipinski definition) is 3. The van der Waals surface area contributed by atoms with Gasteiger partial charge in [0, 0.05) is 12.6 Å². The topological polar surface area (TPSA) is 80.4 Å². The van der Waals surface area contributed by atoms with E-state index in [1.165, 1.54) is 6.42 Å². The molecule has 0 amide bonds. The Morgan fingerprint density at radius 3 is 2.78 bits per heavy atom. The SMILES string of the molecule is COc1ccc(N)c(NCC2(O)CCCCC2)n1. The number of aromatic nitrogens is 1. The molecular weight excluding hydrogens is 230 g/mol. The van der Waals surface area contributed by atoms with Gasteiger partial charge in [0.2, 0.25) is 5.88 Å². The number of nitrogens with zero attached hydrogens (tertiary/aromatic N) is 1. The zero-order valence-corrected chi connectivity index (χ0v) is 10.8. The number of ether oxygens (including phenoxy) is 1. The normalized spacial score (nSPS) is 18.3. The fraction of sp³-hybridized carbons (Fsp3) is 0.615. The second-order valence-electron chi connectivity index (χ2n) is 4.93. The van der Waals surface area contributed by atoms with Gasteiger partial charge >= 0.3 is 0 Å². The zero-order valence-electron chi connectivity index (χ0n) is 10.8. The summed E-state index contributed by atoms with van der Waals surface area (Å²) < 4.78 is 5.06. The lowest BCUT2D eigenvalue weighted by Gasteiger charge is -2.32. The molecule has 1 aliphatic carbocycles. The van der Waals surface area contributed by atoms with Crippen LogP contribution < -0.4 is 15.8 Å². The maximum atomic E-state index is 10.4. The maximum absolute atomic E-state index is 10.4. The summed E-state index contributed by atoms with van der Waals surface area (Å²) in [7, 11) is 1.57. The van der Waals surface area contributed by atoms with Gasteiger partial charge in [-0.3, -0.25) is 0 Å². The highest BCUT2D eigenvalue weighted by Crippen LogP contribution is 2.29. The van der Waals surface area contributed by atoms with E-state index in [2.05, 4.69) is 10.3 Å². The van der Waals surface area contributed by atoms with Crippen LogP contribution in [-0.2, 0) is 0 Å². The molecule has 5 heteroatoms. The molecule has 1 heterocycles. The van der Waals surface area contributed by atoms with E-state index in [1.54, 1.807) is 19.2 Å². The number of methoxy groups -OCH3 is 1. The van der Waals surface area contributed by atoms with Crippen molar-refractivity contribution in [2.45, 2.75) is 37.7 Å². The lowest BCUT2D eigenvalue weighted by atomic mass is 9.85. The molecule has 0 saturated heterocycles. The minimum Gasteiger partial charge on any atom is -0.481 e. The summed E-state index contributed by atoms with van der Waals surface area (Å²) in [6, 6.07) is 3.47. The number of nitrogens with two attached hydrogens (primary N) is 1. The average Bonchev–Trinajstić information content (AvgIpc) is 2.39. The largest absolute Gasteiger partial charge is 0.481 e. The van der Waals surface area contributed by atoms with Crippen LogP contribution in [0.4, 0.5) is 11.5 Å². The lowest BCUT2D eigenvalue weighted by Crippen LogP contribution is -2.39. The number of pyridine rings is 1. The molecule has 0 unspecified atom stereocenters. The lowest BCUT2D eigenvalue weighted by molar-refractivity contribution is 0.0166. The molecule has 1 aromatic heterocycles. The van der Waals surface area contributed by atoms with Gasteiger partial charge in [-0.05, 0) is 18.9 Å². The highest BCUT2D eigenvalue weighted by atomic mass is 16.5. The number of hydrogen-bond acceptors (Lipinski definition) is 5. The van der Waals surface area contributed by atoms with E-state index < -0.39 is 5.60 Å². The van der Waals surface area contributed by atoms with Crippen molar-refractivity contribution >= 4 is 11.5 Å². The van der Waals surface area contributed by atoms with E-state index in [-0.39, 0.29) is 0 Å². The number of nitrogens with one attached hydrogen (secondary N) is 1. The van der Waals surface area contributed by atoms with Crippen molar-refractivity contribution in [1.29, 1.82) is 0 Å². The van der Waals surface area contributed by atoms with Crippen LogP contribution in [0.3, 0.4) is 0 Å². The fourth-order valence-corrected chi connectivity index (χ4v) is 2.34. The van der Waals surface area contributed by atoms with Crippen molar-refractivity contribution in [1.82, 2.24) is 4.98 Å². The van der Waals surface area contributed by atoms with Gasteiger partial charge in [0.1, 0.15) is 0 Å². The Kier molecular flexibility index (Phi) is 3.91. The molecule has 1 saturated carbocycles. The van der Waals surface area contributed by atoms with Gasteiger partial charge in [0.15, 0.2) is 5.82 Å². The Morgan fingerprint density at radius 1 is 1.39 bits per heavy atom. The van der Waals surface area contributed by atoms with Crippen LogP contribution in [0.1, 0.15) is 32.1 Å². The first-order chi connectivity index (χ1) is 8.63. The first kappa shape index (κ1) is 13.0. The molecule has 4 N–H and O–H groups in total. The van der Waals surface area contributed by atoms with Crippen LogP contribution >= 0.6 is 0 Å². The van der Waals surface area contributed by atoms with Crippen LogP contribution in [0.25, 0.3) is 0 Å². The predicted octanol–water partition coefficient (Wildman–Crippen LogP) is 1.78. The summed E-state index contributed by atoms with van der Waals surface area (Å²) in [6.45, 7) is 0.483. The van der Waals surface area contributed by atoms with Gasteiger partial charge < -0.3 is 20.9 Å². The van der Waals surface area contributed by atoms with Crippen LogP contribution in [0.5, 0.6) is 5.88 Å². The third-order valence-electron chi connectivity index (χ3n) is 3.48. The van der Waals surface area contributed by atoms with Crippen LogP contribution in [0.15, 0.2) is 12.1 Å². The van der Waals surface area contributed by atoms with Gasteiger partial charge in [-0.25, -0.2) is 0 Å². The summed E-state index contributed by atoms with van der Waals surface area (Å²) in [5.74, 6) is 1.09. The second-order valence-corrected chi connectivity index (χ2v) is 4.93. The molecule has 100 valence electrons. The van der Waals surface area contributed by atoms with E-state index in [4.69, 9.17) is 10.5 Å². The van der Waals surface area contributed by atoms with E-state index in [0.717, 1.165) is 25.7 Å². The molecular formula is C13H21N3O2. The van der Waals surface area contributed by atoms with Crippen molar-refractivity contribution in [2.75, 3.05) is 24.7 Å². The third-order valence-corrected chi connectivity index (χ3v) is 3.48. The molecule has 5 nitrogen and oxygen atoms in total. The monoisotopic (exact) mass is 251 g/mol. The van der Waals surface area contributed by atoms with E-state index >= 15 is 0 Å². The first-order valence-corrected chi connectivity index (χ1v) is 6.40. The van der Waals surface area contributed by atoms with Gasteiger partial charge in [0.25, 0.3) is 0 Å². The quantitative estimate of drug-likeness (QED) is 0.760. The Morgan fingerprint density at radius 2 is 2.11 bits per heavy atom. The van der Waals surface area contributed by atoms with Crippen LogP contribution in [-0.4, -0.2) is 29.3 Å². The Hall–Kier alpha value is -1.49. The zero-order chi connectivity index (χ0) is 13.0. The molecule has 0 bridgehead atoms. The number of rotatable bonds is 4. The van der Waals surface area contributed by atoms with Crippen molar-refractivity contribution in [2.24, 2.45) is 0 Å². The summed E-state index contributed by atoms with van der Waals surface area (Å²) in [6.07, 6.45) is 5.05. The maximum Gasteiger partial charge on any atom is 0.215 e. The Balaban J connectivity index is 2.00. The minimum absolute atomic E-state index is 0.483. The first-order valence-electron chi connectivity index (χ1n) is 6.40. The molecule has 1 fully saturated rings. The van der Waals surface area contributed by atoms with Crippen LogP contribution in [0, 0.1) is 0 Å². The standard InChI is InChI=1S/C13H21N3O2/c1-18-11-6-5-10(14)12(16-11)15-9-13(17)7-3-2-4-8-13/h5-6,17H,2-4,7-9,14H2,1H3,(H,15,16). The summed E-state index contributed by atoms with van der Waals surface area (Å²) in [4.78, 5) is 4.24. The molecule has 18 heavy (non-hydrogen) atoms. The van der Waals surface area contributed by atoms with Gasteiger partial charge in [-0.2, -0.15) is 4.98 Å². The molecule has 0 aliphatic heterocycles. The Labute approximate surface area is 107 Å². The van der Waals surface area contributed by atoms with Gasteiger partial charge in [-0.1, -0.05) is 19.3 Å². The van der Waals surface area contributed by atoms with Crippen molar-refractivity contribution in [3.63, 3.8) is 0 Å². The molecule has 0 atom stereocenters. The summed E-state index contributed by atoms with van der Waals surface area (Å²) in [5, 5.41) is 13.5. The minimum atomic E-state index is -0.630. The summed E-state index contributed by atoms with van der Waals surface area (Å²) in [5.41, 5.74) is 5.78.